The first-order chi connectivity index (χ1) is 14.1. The molecule has 0 radical (unpaired) electrons. The first kappa shape index (κ1) is 20.3. The van der Waals surface area contributed by atoms with Gasteiger partial charge < -0.3 is 10.1 Å². The van der Waals surface area contributed by atoms with Crippen LogP contribution in [-0.2, 0) is 11.4 Å². The Morgan fingerprint density at radius 2 is 1.83 bits per heavy atom. The van der Waals surface area contributed by atoms with Crippen LogP contribution in [-0.4, -0.2) is 39.5 Å². The summed E-state index contributed by atoms with van der Waals surface area (Å²) >= 11 is 1.12. The van der Waals surface area contributed by atoms with Gasteiger partial charge in [0, 0.05) is 12.7 Å². The molecule has 3 rings (SSSR count). The number of rotatable bonds is 7. The first-order valence-corrected chi connectivity index (χ1v) is 9.58. The van der Waals surface area contributed by atoms with Crippen molar-refractivity contribution in [1.29, 1.82) is 0 Å². The Kier molecular flexibility index (Phi) is 6.80. The normalized spacial score (nSPS) is 10.4. The quantitative estimate of drug-likeness (QED) is 0.576. The second-order valence-corrected chi connectivity index (χ2v) is 6.65. The third-order valence-electron chi connectivity index (χ3n) is 3.72. The van der Waals surface area contributed by atoms with E-state index < -0.39 is 17.8 Å². The van der Waals surface area contributed by atoms with Crippen molar-refractivity contribution in [2.24, 2.45) is 0 Å². The molecule has 0 atom stereocenters. The fourth-order valence-electron chi connectivity index (χ4n) is 2.38. The number of para-hydroxylation sites is 2. The van der Waals surface area contributed by atoms with Gasteiger partial charge in [-0.2, -0.15) is 0 Å². The molecule has 0 fully saturated rings. The Morgan fingerprint density at radius 3 is 2.55 bits per heavy atom. The lowest BCUT2D eigenvalue weighted by atomic mass is 10.3. The number of ether oxygens (including phenoxy) is 1. The van der Waals surface area contributed by atoms with Gasteiger partial charge in [0.2, 0.25) is 5.91 Å². The van der Waals surface area contributed by atoms with Gasteiger partial charge >= 0.3 is 6.03 Å². The molecule has 0 saturated heterocycles. The highest BCUT2D eigenvalue weighted by molar-refractivity contribution is 7.99. The smallest absolute Gasteiger partial charge is 0.321 e. The van der Waals surface area contributed by atoms with E-state index >= 15 is 0 Å². The zero-order valence-corrected chi connectivity index (χ0v) is 16.3. The topological polar surface area (TPSA) is 98.1 Å². The second-order valence-electron chi connectivity index (χ2n) is 5.70. The third-order valence-corrected chi connectivity index (χ3v) is 4.65. The monoisotopic (exact) mass is 415 g/mol. The maximum Gasteiger partial charge on any atom is 0.321 e. The minimum atomic E-state index is -0.584. The van der Waals surface area contributed by atoms with E-state index in [1.54, 1.807) is 16.7 Å². The van der Waals surface area contributed by atoms with Crippen LogP contribution >= 0.6 is 11.8 Å². The van der Waals surface area contributed by atoms with Crippen LogP contribution in [0.1, 0.15) is 5.82 Å². The fraction of sp³-hybridized carbons (Fsp3) is 0.158. The third kappa shape index (κ3) is 5.32. The number of urea groups is 1. The van der Waals surface area contributed by atoms with Crippen molar-refractivity contribution in [2.45, 2.75) is 11.8 Å². The SMILES string of the molecule is CNC(=O)NC(=O)CSc1nnc(COc2ccccc2F)n1-c1ccccc1. The molecule has 0 saturated carbocycles. The predicted octanol–water partition coefficient (Wildman–Crippen LogP) is 2.53. The van der Waals surface area contributed by atoms with E-state index in [0.29, 0.717) is 11.0 Å². The van der Waals surface area contributed by atoms with Gasteiger partial charge in [-0.1, -0.05) is 42.1 Å². The Morgan fingerprint density at radius 1 is 1.10 bits per heavy atom. The number of halogens is 1. The number of thioether (sulfide) groups is 1. The molecule has 3 aromatic rings. The van der Waals surface area contributed by atoms with Gasteiger partial charge in [0.15, 0.2) is 22.5 Å². The van der Waals surface area contributed by atoms with Crippen molar-refractivity contribution in [3.8, 4) is 11.4 Å². The van der Waals surface area contributed by atoms with Gasteiger partial charge in [0.1, 0.15) is 6.61 Å². The van der Waals surface area contributed by atoms with Gasteiger partial charge in [-0.3, -0.25) is 14.7 Å². The molecule has 1 heterocycles. The van der Waals surface area contributed by atoms with Gasteiger partial charge in [0.05, 0.1) is 5.75 Å². The number of aromatic nitrogens is 3. The van der Waals surface area contributed by atoms with E-state index in [1.165, 1.54) is 19.2 Å². The van der Waals surface area contributed by atoms with Gasteiger partial charge in [-0.15, -0.1) is 10.2 Å². The minimum Gasteiger partial charge on any atom is -0.483 e. The maximum absolute atomic E-state index is 13.8. The highest BCUT2D eigenvalue weighted by Gasteiger charge is 2.17. The Hall–Kier alpha value is -3.40. The summed E-state index contributed by atoms with van der Waals surface area (Å²) in [6.45, 7) is -0.0200. The molecule has 29 heavy (non-hydrogen) atoms. The van der Waals surface area contributed by atoms with Gasteiger partial charge in [-0.25, -0.2) is 9.18 Å². The lowest BCUT2D eigenvalue weighted by Gasteiger charge is -2.11. The van der Waals surface area contributed by atoms with Crippen molar-refractivity contribution in [3.63, 3.8) is 0 Å². The summed E-state index contributed by atoms with van der Waals surface area (Å²) < 4.78 is 21.1. The van der Waals surface area contributed by atoms with Crippen molar-refractivity contribution in [1.82, 2.24) is 25.4 Å². The molecular formula is C19H18FN5O3S. The van der Waals surface area contributed by atoms with Crippen LogP contribution in [0.3, 0.4) is 0 Å². The van der Waals surface area contributed by atoms with Crippen LogP contribution in [0.25, 0.3) is 5.69 Å². The van der Waals surface area contributed by atoms with Crippen LogP contribution in [0.15, 0.2) is 59.8 Å². The molecule has 0 aliphatic carbocycles. The van der Waals surface area contributed by atoms with Crippen molar-refractivity contribution >= 4 is 23.7 Å². The number of carbonyl (C=O) groups excluding carboxylic acids is 2. The highest BCUT2D eigenvalue weighted by Crippen LogP contribution is 2.23. The average molecular weight is 415 g/mol. The molecule has 0 aliphatic heterocycles. The van der Waals surface area contributed by atoms with Gasteiger partial charge in [-0.05, 0) is 24.3 Å². The van der Waals surface area contributed by atoms with Crippen LogP contribution in [0.5, 0.6) is 5.75 Å². The Balaban J connectivity index is 1.79. The van der Waals surface area contributed by atoms with Crippen LogP contribution in [0, 0.1) is 5.82 Å². The largest absolute Gasteiger partial charge is 0.483 e. The molecule has 0 aliphatic rings. The highest BCUT2D eigenvalue weighted by atomic mass is 32.2. The van der Waals surface area contributed by atoms with Crippen LogP contribution in [0.4, 0.5) is 9.18 Å². The molecule has 0 spiro atoms. The summed E-state index contributed by atoms with van der Waals surface area (Å²) in [4.78, 5) is 23.1. The molecule has 3 amide bonds. The van der Waals surface area contributed by atoms with Crippen LogP contribution in [0.2, 0.25) is 0 Å². The molecule has 1 aromatic heterocycles. The lowest BCUT2D eigenvalue weighted by molar-refractivity contribution is -0.117. The van der Waals surface area contributed by atoms with Crippen molar-refractivity contribution in [2.75, 3.05) is 12.8 Å². The number of hydrogen-bond acceptors (Lipinski definition) is 6. The second kappa shape index (κ2) is 9.69. The number of amides is 3. The molecular weight excluding hydrogens is 397 g/mol. The first-order valence-electron chi connectivity index (χ1n) is 8.60. The van der Waals surface area contributed by atoms with E-state index in [0.717, 1.165) is 17.4 Å². The predicted molar refractivity (Wildman–Crippen MR) is 105 cm³/mol. The molecule has 2 N–H and O–H groups in total. The number of nitrogens with one attached hydrogen (secondary N) is 2. The van der Waals surface area contributed by atoms with Crippen LogP contribution < -0.4 is 15.4 Å². The molecule has 2 aromatic carbocycles. The number of benzene rings is 2. The summed E-state index contributed by atoms with van der Waals surface area (Å²) in [6.07, 6.45) is 0. The standard InChI is InChI=1S/C19H18FN5O3S/c1-21-18(27)22-17(26)12-29-19-24-23-16(25(19)13-7-3-2-4-8-13)11-28-15-10-6-5-9-14(15)20/h2-10H,11-12H2,1H3,(H2,21,22,26,27). The summed E-state index contributed by atoms with van der Waals surface area (Å²) in [5.41, 5.74) is 0.763. The minimum absolute atomic E-state index is 0.0200. The Labute approximate surface area is 170 Å². The maximum atomic E-state index is 13.8. The molecule has 0 unspecified atom stereocenters. The van der Waals surface area contributed by atoms with Crippen molar-refractivity contribution in [3.05, 3.63) is 66.2 Å². The number of hydrogen-bond donors (Lipinski definition) is 2. The molecule has 150 valence electrons. The van der Waals surface area contributed by atoms with E-state index in [2.05, 4.69) is 20.8 Å². The van der Waals surface area contributed by atoms with E-state index in [4.69, 9.17) is 4.74 Å². The summed E-state index contributed by atoms with van der Waals surface area (Å²) in [5, 5.41) is 13.2. The molecule has 10 heteroatoms. The number of imide groups is 1. The lowest BCUT2D eigenvalue weighted by Crippen LogP contribution is -2.38. The summed E-state index contributed by atoms with van der Waals surface area (Å²) in [5.74, 6) is -0.435. The molecule has 8 nitrogen and oxygen atoms in total. The zero-order valence-electron chi connectivity index (χ0n) is 15.5. The Bertz CT molecular complexity index is 997. The van der Waals surface area contributed by atoms with E-state index in [9.17, 15) is 14.0 Å². The number of carbonyl (C=O) groups is 2. The van der Waals surface area contributed by atoms with E-state index in [1.807, 2.05) is 30.3 Å². The zero-order chi connectivity index (χ0) is 20.6. The number of nitrogens with zero attached hydrogens (tertiary/aromatic N) is 3. The van der Waals surface area contributed by atoms with Crippen molar-refractivity contribution < 1.29 is 18.7 Å². The average Bonchev–Trinajstić information content (AvgIpc) is 3.15. The summed E-state index contributed by atoms with van der Waals surface area (Å²) in [7, 11) is 1.42. The summed E-state index contributed by atoms with van der Waals surface area (Å²) in [6, 6.07) is 14.8. The molecule has 0 bridgehead atoms. The van der Waals surface area contributed by atoms with E-state index in [-0.39, 0.29) is 18.1 Å². The van der Waals surface area contributed by atoms with Gasteiger partial charge in [0.25, 0.3) is 0 Å². The fourth-order valence-corrected chi connectivity index (χ4v) is 3.15.